The number of anilines is 1. The summed E-state index contributed by atoms with van der Waals surface area (Å²) >= 11 is 0. The molecular formula is C23H25N3O6. The van der Waals surface area contributed by atoms with E-state index in [2.05, 4.69) is 10.6 Å². The van der Waals surface area contributed by atoms with E-state index in [0.29, 0.717) is 47.6 Å². The maximum atomic E-state index is 12.9. The molecule has 3 aromatic rings. The van der Waals surface area contributed by atoms with Gasteiger partial charge in [-0.05, 0) is 25.1 Å². The molecular weight excluding hydrogens is 414 g/mol. The predicted octanol–water partition coefficient (Wildman–Crippen LogP) is 2.72. The lowest BCUT2D eigenvalue weighted by Crippen LogP contribution is -2.42. The molecule has 0 unspecified atom stereocenters. The van der Waals surface area contributed by atoms with Crippen molar-refractivity contribution in [3.05, 3.63) is 42.1 Å². The first-order chi connectivity index (χ1) is 15.4. The molecule has 0 aliphatic carbocycles. The van der Waals surface area contributed by atoms with Gasteiger partial charge in [0.25, 0.3) is 5.91 Å². The van der Waals surface area contributed by atoms with E-state index < -0.39 is 6.04 Å². The smallest absolute Gasteiger partial charge is 0.268 e. The summed E-state index contributed by atoms with van der Waals surface area (Å²) in [6.45, 7) is 2.57. The molecule has 1 atom stereocenters. The average molecular weight is 439 g/mol. The molecule has 1 aliphatic heterocycles. The summed E-state index contributed by atoms with van der Waals surface area (Å²) in [4.78, 5) is 25.6. The quantitative estimate of drug-likeness (QED) is 0.613. The zero-order valence-electron chi connectivity index (χ0n) is 18.4. The minimum absolute atomic E-state index is 0.354. The molecule has 0 radical (unpaired) electrons. The fourth-order valence-electron chi connectivity index (χ4n) is 3.59. The summed E-state index contributed by atoms with van der Waals surface area (Å²) in [7, 11) is 4.90. The number of ether oxygens (including phenoxy) is 4. The van der Waals surface area contributed by atoms with Crippen LogP contribution in [0.15, 0.2) is 36.4 Å². The molecule has 32 heavy (non-hydrogen) atoms. The van der Waals surface area contributed by atoms with Crippen molar-refractivity contribution in [2.24, 2.45) is 7.05 Å². The number of carbonyl (C=O) groups is 2. The summed E-state index contributed by atoms with van der Waals surface area (Å²) in [6.07, 6.45) is 0. The van der Waals surface area contributed by atoms with Crippen LogP contribution in [0.25, 0.3) is 10.9 Å². The molecule has 0 fully saturated rings. The number of fused-ring (bicyclic) bond motifs is 2. The molecule has 2 aromatic carbocycles. The monoisotopic (exact) mass is 439 g/mol. The fraction of sp³-hybridized carbons (Fsp3) is 0.304. The van der Waals surface area contributed by atoms with Crippen LogP contribution in [0, 0.1) is 0 Å². The average Bonchev–Trinajstić information content (AvgIpc) is 3.14. The molecule has 0 spiro atoms. The van der Waals surface area contributed by atoms with Crippen LogP contribution >= 0.6 is 0 Å². The second-order valence-electron chi connectivity index (χ2n) is 7.39. The third kappa shape index (κ3) is 4.01. The van der Waals surface area contributed by atoms with Gasteiger partial charge >= 0.3 is 0 Å². The number of amides is 2. The summed E-state index contributed by atoms with van der Waals surface area (Å²) in [5, 5.41) is 6.31. The van der Waals surface area contributed by atoms with Crippen molar-refractivity contribution in [3.63, 3.8) is 0 Å². The van der Waals surface area contributed by atoms with Gasteiger partial charge in [0.05, 0.1) is 19.7 Å². The van der Waals surface area contributed by atoms with E-state index in [1.54, 1.807) is 63.1 Å². The largest absolute Gasteiger partial charge is 0.497 e. The van der Waals surface area contributed by atoms with Crippen LogP contribution in [-0.2, 0) is 11.8 Å². The maximum Gasteiger partial charge on any atom is 0.268 e. The molecule has 0 saturated carbocycles. The Morgan fingerprint density at radius 1 is 1.03 bits per heavy atom. The van der Waals surface area contributed by atoms with Gasteiger partial charge in [-0.2, -0.15) is 0 Å². The zero-order valence-corrected chi connectivity index (χ0v) is 18.4. The third-order valence-corrected chi connectivity index (χ3v) is 5.34. The first kappa shape index (κ1) is 21.4. The van der Waals surface area contributed by atoms with Crippen molar-refractivity contribution in [1.82, 2.24) is 9.88 Å². The second kappa shape index (κ2) is 8.70. The molecule has 9 nitrogen and oxygen atoms in total. The van der Waals surface area contributed by atoms with Crippen molar-refractivity contribution in [3.8, 4) is 23.0 Å². The van der Waals surface area contributed by atoms with Gasteiger partial charge in [0, 0.05) is 36.3 Å². The number of rotatable bonds is 6. The van der Waals surface area contributed by atoms with Crippen LogP contribution in [0.2, 0.25) is 0 Å². The standard InChI is InChI=1S/C23H25N3O6/c1-13(22(27)25-14-5-6-19-21(9-14)32-8-7-31-19)24-23(28)18-12-16-17(26(18)2)10-15(29-3)11-20(16)30-4/h5-6,9-13H,7-8H2,1-4H3,(H,24,28)(H,25,27)/t13-/m0/s1. The summed E-state index contributed by atoms with van der Waals surface area (Å²) < 4.78 is 23.5. The molecule has 1 aliphatic rings. The van der Waals surface area contributed by atoms with Crippen molar-refractivity contribution in [2.45, 2.75) is 13.0 Å². The Labute approximate surface area is 185 Å². The van der Waals surface area contributed by atoms with E-state index in [1.165, 1.54) is 0 Å². The van der Waals surface area contributed by atoms with Gasteiger partial charge in [-0.15, -0.1) is 0 Å². The number of methoxy groups -OCH3 is 2. The molecule has 2 N–H and O–H groups in total. The molecule has 2 heterocycles. The van der Waals surface area contributed by atoms with Gasteiger partial charge in [-0.3, -0.25) is 9.59 Å². The van der Waals surface area contributed by atoms with Crippen LogP contribution in [-0.4, -0.2) is 49.9 Å². The number of nitrogens with one attached hydrogen (secondary N) is 2. The first-order valence-corrected chi connectivity index (χ1v) is 10.1. The first-order valence-electron chi connectivity index (χ1n) is 10.1. The number of hydrogen-bond donors (Lipinski definition) is 2. The lowest BCUT2D eigenvalue weighted by atomic mass is 10.2. The minimum Gasteiger partial charge on any atom is -0.497 e. The van der Waals surface area contributed by atoms with E-state index in [-0.39, 0.29) is 11.8 Å². The minimum atomic E-state index is -0.773. The van der Waals surface area contributed by atoms with Gasteiger partial charge in [-0.25, -0.2) is 0 Å². The van der Waals surface area contributed by atoms with E-state index in [0.717, 1.165) is 10.9 Å². The van der Waals surface area contributed by atoms with Gasteiger partial charge in [0.15, 0.2) is 11.5 Å². The van der Waals surface area contributed by atoms with E-state index in [9.17, 15) is 9.59 Å². The van der Waals surface area contributed by atoms with Crippen molar-refractivity contribution in [2.75, 3.05) is 32.8 Å². The number of hydrogen-bond acceptors (Lipinski definition) is 6. The topological polar surface area (TPSA) is 100 Å². The number of benzene rings is 2. The van der Waals surface area contributed by atoms with Gasteiger partial charge in [0.1, 0.15) is 36.4 Å². The predicted molar refractivity (Wildman–Crippen MR) is 119 cm³/mol. The van der Waals surface area contributed by atoms with E-state index >= 15 is 0 Å². The number of nitrogens with zero attached hydrogens (tertiary/aromatic N) is 1. The lowest BCUT2D eigenvalue weighted by molar-refractivity contribution is -0.117. The van der Waals surface area contributed by atoms with Crippen molar-refractivity contribution >= 4 is 28.4 Å². The Balaban J connectivity index is 1.49. The Kier molecular flexibility index (Phi) is 5.81. The van der Waals surface area contributed by atoms with Crippen molar-refractivity contribution < 1.29 is 28.5 Å². The highest BCUT2D eigenvalue weighted by atomic mass is 16.6. The Hall–Kier alpha value is -3.88. The van der Waals surface area contributed by atoms with E-state index in [1.807, 2.05) is 6.07 Å². The van der Waals surface area contributed by atoms with Crippen LogP contribution in [0.3, 0.4) is 0 Å². The number of aryl methyl sites for hydroxylation is 1. The van der Waals surface area contributed by atoms with Crippen molar-refractivity contribution in [1.29, 1.82) is 0 Å². The van der Waals surface area contributed by atoms with Crippen LogP contribution < -0.4 is 29.6 Å². The van der Waals surface area contributed by atoms with Gasteiger partial charge in [-0.1, -0.05) is 0 Å². The summed E-state index contributed by atoms with van der Waals surface area (Å²) in [5.41, 5.74) is 1.73. The fourth-order valence-corrected chi connectivity index (χ4v) is 3.59. The Morgan fingerprint density at radius 3 is 2.50 bits per heavy atom. The normalized spacial score (nSPS) is 13.4. The molecule has 9 heteroatoms. The van der Waals surface area contributed by atoms with Crippen LogP contribution in [0.5, 0.6) is 23.0 Å². The Bertz CT molecular complexity index is 1190. The highest BCUT2D eigenvalue weighted by molar-refractivity contribution is 6.04. The molecule has 168 valence electrons. The molecule has 4 rings (SSSR count). The van der Waals surface area contributed by atoms with Gasteiger partial charge in [0.2, 0.25) is 5.91 Å². The SMILES string of the molecule is COc1cc(OC)c2cc(C(=O)N[C@@H](C)C(=O)Nc3ccc4c(c3)OCCO4)n(C)c2c1. The van der Waals surface area contributed by atoms with E-state index in [4.69, 9.17) is 18.9 Å². The molecule has 1 aromatic heterocycles. The maximum absolute atomic E-state index is 12.9. The molecule has 0 saturated heterocycles. The van der Waals surface area contributed by atoms with Gasteiger partial charge < -0.3 is 34.1 Å². The molecule has 2 amide bonds. The summed E-state index contributed by atoms with van der Waals surface area (Å²) in [5.74, 6) is 1.69. The number of aromatic nitrogens is 1. The zero-order chi connectivity index (χ0) is 22.8. The highest BCUT2D eigenvalue weighted by Gasteiger charge is 2.22. The number of carbonyl (C=O) groups excluding carboxylic acids is 2. The summed E-state index contributed by atoms with van der Waals surface area (Å²) in [6, 6.07) is 9.71. The Morgan fingerprint density at radius 2 is 1.78 bits per heavy atom. The van der Waals surface area contributed by atoms with Crippen LogP contribution in [0.4, 0.5) is 5.69 Å². The lowest BCUT2D eigenvalue weighted by Gasteiger charge is -2.19. The third-order valence-electron chi connectivity index (χ3n) is 5.34. The molecule has 0 bridgehead atoms. The second-order valence-corrected chi connectivity index (χ2v) is 7.39. The van der Waals surface area contributed by atoms with Crippen LogP contribution in [0.1, 0.15) is 17.4 Å². The highest BCUT2D eigenvalue weighted by Crippen LogP contribution is 2.34.